The number of nitrogens with one attached hydrogen (secondary N) is 1. The third-order valence-corrected chi connectivity index (χ3v) is 2.21. The molecule has 0 aliphatic carbocycles. The van der Waals surface area contributed by atoms with Crippen LogP contribution in [0.2, 0.25) is 5.02 Å². The lowest BCUT2D eigenvalue weighted by atomic mass is 10.1. The van der Waals surface area contributed by atoms with Crippen molar-refractivity contribution in [2.45, 2.75) is 19.4 Å². The third-order valence-electron chi connectivity index (χ3n) is 1.97. The number of rotatable bonds is 3. The first-order chi connectivity index (χ1) is 7.54. The van der Waals surface area contributed by atoms with Crippen molar-refractivity contribution in [1.29, 1.82) is 0 Å². The van der Waals surface area contributed by atoms with Crippen LogP contribution in [0.1, 0.15) is 23.7 Å². The van der Waals surface area contributed by atoms with Gasteiger partial charge in [0.25, 0.3) is 5.91 Å². The molecule has 1 rings (SSSR count). The molecule has 0 saturated carbocycles. The molecule has 0 heterocycles. The van der Waals surface area contributed by atoms with Gasteiger partial charge >= 0.3 is 0 Å². The molecule has 0 aliphatic heterocycles. The van der Waals surface area contributed by atoms with Crippen molar-refractivity contribution in [1.82, 2.24) is 5.32 Å². The Kier molecular flexibility index (Phi) is 4.33. The first-order valence-electron chi connectivity index (χ1n) is 4.74. The predicted molar refractivity (Wildman–Crippen MR) is 61.8 cm³/mol. The Morgan fingerprint density at radius 2 is 2.38 bits per heavy atom. The van der Waals surface area contributed by atoms with E-state index in [0.717, 1.165) is 6.07 Å². The average molecular weight is 240 g/mol. The van der Waals surface area contributed by atoms with Crippen LogP contribution in [-0.4, -0.2) is 11.9 Å². The summed E-state index contributed by atoms with van der Waals surface area (Å²) < 4.78 is 13.3. The summed E-state index contributed by atoms with van der Waals surface area (Å²) in [6.45, 7) is 1.75. The van der Waals surface area contributed by atoms with Gasteiger partial charge in [-0.2, -0.15) is 0 Å². The van der Waals surface area contributed by atoms with E-state index in [9.17, 15) is 9.18 Å². The lowest BCUT2D eigenvalue weighted by Gasteiger charge is -2.11. The molecule has 16 heavy (non-hydrogen) atoms. The number of carbonyl (C=O) groups excluding carboxylic acids is 1. The number of hydrogen-bond acceptors (Lipinski definition) is 1. The molecule has 1 unspecified atom stereocenters. The van der Waals surface area contributed by atoms with Gasteiger partial charge in [-0.05, 0) is 25.1 Å². The maximum atomic E-state index is 13.3. The summed E-state index contributed by atoms with van der Waals surface area (Å²) in [7, 11) is 0. The highest BCUT2D eigenvalue weighted by molar-refractivity contribution is 6.31. The third kappa shape index (κ3) is 3.25. The van der Waals surface area contributed by atoms with E-state index in [1.807, 2.05) is 0 Å². The van der Waals surface area contributed by atoms with Gasteiger partial charge in [0.05, 0.1) is 5.56 Å². The van der Waals surface area contributed by atoms with Crippen LogP contribution in [0.3, 0.4) is 0 Å². The minimum absolute atomic E-state index is 0.0728. The maximum Gasteiger partial charge on any atom is 0.254 e. The maximum absolute atomic E-state index is 13.3. The molecule has 0 aromatic heterocycles. The van der Waals surface area contributed by atoms with E-state index in [4.69, 9.17) is 18.0 Å². The van der Waals surface area contributed by atoms with E-state index in [1.54, 1.807) is 6.92 Å². The van der Waals surface area contributed by atoms with Gasteiger partial charge in [-0.25, -0.2) is 4.39 Å². The number of terminal acetylenes is 1. The predicted octanol–water partition coefficient (Wildman–Crippen LogP) is 2.62. The lowest BCUT2D eigenvalue weighted by Crippen LogP contribution is -2.32. The standard InChI is InChI=1S/C12H11ClFNO/c1-3-4-8(2)15-12(16)10-7-9(13)5-6-11(10)14/h1,5-8H,4H2,2H3,(H,15,16). The topological polar surface area (TPSA) is 29.1 Å². The minimum Gasteiger partial charge on any atom is -0.349 e. The normalized spacial score (nSPS) is 11.6. The SMILES string of the molecule is C#CCC(C)NC(=O)c1cc(Cl)ccc1F. The Morgan fingerprint density at radius 1 is 1.69 bits per heavy atom. The molecule has 1 aromatic carbocycles. The molecule has 0 radical (unpaired) electrons. The Morgan fingerprint density at radius 3 is 3.00 bits per heavy atom. The zero-order valence-electron chi connectivity index (χ0n) is 8.76. The second kappa shape index (κ2) is 5.53. The van der Waals surface area contributed by atoms with Gasteiger partial charge in [-0.15, -0.1) is 12.3 Å². The molecular weight excluding hydrogens is 229 g/mol. The summed E-state index contributed by atoms with van der Waals surface area (Å²) in [4.78, 5) is 11.6. The molecule has 0 spiro atoms. The smallest absolute Gasteiger partial charge is 0.254 e. The first kappa shape index (κ1) is 12.5. The molecular formula is C12H11ClFNO. The fourth-order valence-corrected chi connectivity index (χ4v) is 1.37. The Labute approximate surface area is 98.8 Å². The average Bonchev–Trinajstić information content (AvgIpc) is 2.21. The Hall–Kier alpha value is -1.53. The number of hydrogen-bond donors (Lipinski definition) is 1. The zero-order chi connectivity index (χ0) is 12.1. The van der Waals surface area contributed by atoms with Crippen LogP contribution in [0.25, 0.3) is 0 Å². The summed E-state index contributed by atoms with van der Waals surface area (Å²) in [5.41, 5.74) is -0.0728. The van der Waals surface area contributed by atoms with Crippen molar-refractivity contribution < 1.29 is 9.18 Å². The van der Waals surface area contributed by atoms with Gasteiger partial charge in [0.2, 0.25) is 0 Å². The van der Waals surface area contributed by atoms with Crippen molar-refractivity contribution in [2.75, 3.05) is 0 Å². The van der Waals surface area contributed by atoms with E-state index in [2.05, 4.69) is 11.2 Å². The molecule has 0 aliphatic rings. The van der Waals surface area contributed by atoms with E-state index in [1.165, 1.54) is 12.1 Å². The van der Waals surface area contributed by atoms with Gasteiger partial charge in [0.15, 0.2) is 0 Å². The molecule has 2 nitrogen and oxygen atoms in total. The van der Waals surface area contributed by atoms with Crippen molar-refractivity contribution >= 4 is 17.5 Å². The van der Waals surface area contributed by atoms with Gasteiger partial charge in [-0.1, -0.05) is 11.6 Å². The van der Waals surface area contributed by atoms with E-state index in [-0.39, 0.29) is 11.6 Å². The van der Waals surface area contributed by atoms with Gasteiger partial charge in [-0.3, -0.25) is 4.79 Å². The molecule has 1 amide bonds. The molecule has 0 saturated heterocycles. The van der Waals surface area contributed by atoms with Crippen LogP contribution in [0, 0.1) is 18.2 Å². The minimum atomic E-state index is -0.602. The van der Waals surface area contributed by atoms with Crippen molar-refractivity contribution in [3.63, 3.8) is 0 Å². The highest BCUT2D eigenvalue weighted by Gasteiger charge is 2.13. The molecule has 84 valence electrons. The number of carbonyl (C=O) groups is 1. The van der Waals surface area contributed by atoms with Crippen LogP contribution in [0.5, 0.6) is 0 Å². The number of halogens is 2. The quantitative estimate of drug-likeness (QED) is 0.808. The van der Waals surface area contributed by atoms with Crippen molar-refractivity contribution in [3.8, 4) is 12.3 Å². The van der Waals surface area contributed by atoms with Crippen LogP contribution in [0.4, 0.5) is 4.39 Å². The summed E-state index contributed by atoms with van der Waals surface area (Å²) in [6, 6.07) is 3.63. The monoisotopic (exact) mass is 239 g/mol. The highest BCUT2D eigenvalue weighted by Crippen LogP contribution is 2.14. The van der Waals surface area contributed by atoms with Crippen LogP contribution in [0.15, 0.2) is 18.2 Å². The summed E-state index contributed by atoms with van der Waals surface area (Å²) in [5, 5.41) is 2.90. The second-order valence-corrected chi connectivity index (χ2v) is 3.84. The van der Waals surface area contributed by atoms with Crippen LogP contribution >= 0.6 is 11.6 Å². The number of benzene rings is 1. The lowest BCUT2D eigenvalue weighted by molar-refractivity contribution is 0.0937. The first-order valence-corrected chi connectivity index (χ1v) is 5.11. The zero-order valence-corrected chi connectivity index (χ0v) is 9.51. The van der Waals surface area contributed by atoms with E-state index < -0.39 is 11.7 Å². The molecule has 4 heteroatoms. The molecule has 1 aromatic rings. The highest BCUT2D eigenvalue weighted by atomic mass is 35.5. The fraction of sp³-hybridized carbons (Fsp3) is 0.250. The van der Waals surface area contributed by atoms with E-state index in [0.29, 0.717) is 11.4 Å². The molecule has 0 fully saturated rings. The molecule has 1 N–H and O–H groups in total. The van der Waals surface area contributed by atoms with Crippen molar-refractivity contribution in [2.24, 2.45) is 0 Å². The summed E-state index contributed by atoms with van der Waals surface area (Å²) in [6.07, 6.45) is 5.50. The van der Waals surface area contributed by atoms with Gasteiger partial charge < -0.3 is 5.32 Å². The van der Waals surface area contributed by atoms with Gasteiger partial charge in [0.1, 0.15) is 5.82 Å². The number of amides is 1. The van der Waals surface area contributed by atoms with Crippen LogP contribution < -0.4 is 5.32 Å². The second-order valence-electron chi connectivity index (χ2n) is 3.41. The summed E-state index contributed by atoms with van der Waals surface area (Å²) in [5.74, 6) is 1.30. The van der Waals surface area contributed by atoms with E-state index >= 15 is 0 Å². The Balaban J connectivity index is 2.81. The molecule has 1 atom stereocenters. The summed E-state index contributed by atoms with van der Waals surface area (Å²) >= 11 is 5.68. The Bertz CT molecular complexity index is 439. The largest absolute Gasteiger partial charge is 0.349 e. The fourth-order valence-electron chi connectivity index (χ4n) is 1.20. The van der Waals surface area contributed by atoms with Crippen molar-refractivity contribution in [3.05, 3.63) is 34.6 Å². The molecule has 0 bridgehead atoms. The van der Waals surface area contributed by atoms with Gasteiger partial charge in [0, 0.05) is 17.5 Å². The van der Waals surface area contributed by atoms with Crippen LogP contribution in [-0.2, 0) is 0 Å².